The van der Waals surface area contributed by atoms with Crippen LogP contribution in [0.3, 0.4) is 0 Å². The molecule has 0 spiro atoms. The second-order valence-electron chi connectivity index (χ2n) is 6.59. The Labute approximate surface area is 112 Å². The molecule has 1 heterocycles. The van der Waals surface area contributed by atoms with Crippen LogP contribution in [0.1, 0.15) is 20.8 Å². The van der Waals surface area contributed by atoms with Gasteiger partial charge >= 0.3 is 0 Å². The lowest BCUT2D eigenvalue weighted by Crippen LogP contribution is -2.50. The molecule has 0 aromatic carbocycles. The van der Waals surface area contributed by atoms with Crippen molar-refractivity contribution in [3.63, 3.8) is 0 Å². The molecular weight excluding hydrogens is 226 g/mol. The fourth-order valence-electron chi connectivity index (χ4n) is 1.95. The van der Waals surface area contributed by atoms with Crippen molar-refractivity contribution in [1.29, 1.82) is 0 Å². The second kappa shape index (κ2) is 6.64. The number of rotatable bonds is 5. The van der Waals surface area contributed by atoms with E-state index in [2.05, 4.69) is 28.8 Å². The number of nitrogens with zero attached hydrogens (tertiary/aromatic N) is 3. The highest BCUT2D eigenvalue weighted by atomic mass is 16.1. The maximum absolute atomic E-state index is 12.0. The van der Waals surface area contributed by atoms with Crippen molar-refractivity contribution in [2.45, 2.75) is 20.8 Å². The predicted molar refractivity (Wildman–Crippen MR) is 75.9 cm³/mol. The Bertz CT molecular complexity index is 263. The van der Waals surface area contributed by atoms with Gasteiger partial charge in [-0.3, -0.25) is 14.6 Å². The molecule has 1 aliphatic heterocycles. The Kier molecular flexibility index (Phi) is 5.76. The summed E-state index contributed by atoms with van der Waals surface area (Å²) in [6.45, 7) is 13.1. The van der Waals surface area contributed by atoms with Crippen molar-refractivity contribution in [2.24, 2.45) is 5.41 Å². The lowest BCUT2D eigenvalue weighted by atomic mass is 9.90. The van der Waals surface area contributed by atoms with E-state index in [1.54, 1.807) is 0 Å². The summed E-state index contributed by atoms with van der Waals surface area (Å²) in [5, 5.41) is 0. The number of likely N-dealkylation sites (N-methyl/N-ethyl adjacent to an activating group) is 1. The van der Waals surface area contributed by atoms with Gasteiger partial charge in [-0.05, 0) is 14.1 Å². The molecule has 4 heteroatoms. The maximum Gasteiger partial charge on any atom is 0.152 e. The van der Waals surface area contributed by atoms with Crippen LogP contribution in [0, 0.1) is 5.41 Å². The van der Waals surface area contributed by atoms with Crippen molar-refractivity contribution in [2.75, 3.05) is 59.9 Å². The van der Waals surface area contributed by atoms with Crippen LogP contribution >= 0.6 is 0 Å². The molecule has 4 nitrogen and oxygen atoms in total. The van der Waals surface area contributed by atoms with Crippen molar-refractivity contribution >= 4 is 5.78 Å². The van der Waals surface area contributed by atoms with Crippen molar-refractivity contribution < 1.29 is 4.79 Å². The van der Waals surface area contributed by atoms with Crippen LogP contribution in [0.4, 0.5) is 0 Å². The van der Waals surface area contributed by atoms with E-state index in [0.717, 1.165) is 39.3 Å². The Morgan fingerprint density at radius 2 is 1.56 bits per heavy atom. The summed E-state index contributed by atoms with van der Waals surface area (Å²) in [6.07, 6.45) is 0. The zero-order chi connectivity index (χ0) is 13.8. The molecular formula is C14H29N3O. The average molecular weight is 255 g/mol. The smallest absolute Gasteiger partial charge is 0.152 e. The molecule has 1 rings (SSSR count). The van der Waals surface area contributed by atoms with E-state index in [-0.39, 0.29) is 5.41 Å². The molecule has 1 aliphatic rings. The van der Waals surface area contributed by atoms with Gasteiger partial charge in [0.1, 0.15) is 0 Å². The first-order valence-electron chi connectivity index (χ1n) is 6.92. The fraction of sp³-hybridized carbons (Fsp3) is 0.929. The summed E-state index contributed by atoms with van der Waals surface area (Å²) in [7, 11) is 4.22. The number of hydrogen-bond acceptors (Lipinski definition) is 4. The SMILES string of the molecule is CN(C)CCN1CCN(CC(=O)C(C)(C)C)CC1. The molecule has 0 bridgehead atoms. The molecule has 0 atom stereocenters. The van der Waals surface area contributed by atoms with Gasteiger partial charge in [-0.1, -0.05) is 20.8 Å². The number of carbonyl (C=O) groups excluding carboxylic acids is 1. The molecule has 1 fully saturated rings. The van der Waals surface area contributed by atoms with Gasteiger partial charge in [0.05, 0.1) is 6.54 Å². The highest BCUT2D eigenvalue weighted by Crippen LogP contribution is 2.15. The summed E-state index contributed by atoms with van der Waals surface area (Å²) in [4.78, 5) is 19.0. The van der Waals surface area contributed by atoms with Crippen LogP contribution in [0.25, 0.3) is 0 Å². The highest BCUT2D eigenvalue weighted by molar-refractivity contribution is 5.85. The minimum absolute atomic E-state index is 0.206. The summed E-state index contributed by atoms with van der Waals surface area (Å²) in [6, 6.07) is 0. The van der Waals surface area contributed by atoms with Crippen LogP contribution in [0.2, 0.25) is 0 Å². The molecule has 0 aromatic heterocycles. The third-order valence-electron chi connectivity index (χ3n) is 3.53. The molecule has 0 aliphatic carbocycles. The quantitative estimate of drug-likeness (QED) is 0.725. The van der Waals surface area contributed by atoms with Gasteiger partial charge in [-0.25, -0.2) is 0 Å². The Morgan fingerprint density at radius 1 is 1.06 bits per heavy atom. The number of hydrogen-bond donors (Lipinski definition) is 0. The number of carbonyl (C=O) groups is 1. The van der Waals surface area contributed by atoms with E-state index in [0.29, 0.717) is 12.3 Å². The normalized spacial score (nSPS) is 19.4. The monoisotopic (exact) mass is 255 g/mol. The summed E-state index contributed by atoms with van der Waals surface area (Å²) < 4.78 is 0. The Balaban J connectivity index is 2.25. The van der Waals surface area contributed by atoms with Crippen LogP contribution in [-0.4, -0.2) is 80.4 Å². The molecule has 1 saturated heterocycles. The second-order valence-corrected chi connectivity index (χ2v) is 6.59. The summed E-state index contributed by atoms with van der Waals surface area (Å²) in [5.74, 6) is 0.351. The molecule has 0 radical (unpaired) electrons. The van der Waals surface area contributed by atoms with Crippen molar-refractivity contribution in [1.82, 2.24) is 14.7 Å². The molecule has 106 valence electrons. The first-order chi connectivity index (χ1) is 8.29. The highest BCUT2D eigenvalue weighted by Gasteiger charge is 2.25. The van der Waals surface area contributed by atoms with E-state index in [9.17, 15) is 4.79 Å². The molecule has 0 amide bonds. The molecule has 0 N–H and O–H groups in total. The summed E-state index contributed by atoms with van der Waals surface area (Å²) in [5.41, 5.74) is -0.206. The zero-order valence-electron chi connectivity index (χ0n) is 12.7. The van der Waals surface area contributed by atoms with Gasteiger partial charge in [-0.15, -0.1) is 0 Å². The van der Waals surface area contributed by atoms with E-state index >= 15 is 0 Å². The number of ketones is 1. The number of piperazine rings is 1. The van der Waals surface area contributed by atoms with Crippen LogP contribution in [0.15, 0.2) is 0 Å². The lowest BCUT2D eigenvalue weighted by molar-refractivity contribution is -0.127. The molecule has 18 heavy (non-hydrogen) atoms. The van der Waals surface area contributed by atoms with Crippen molar-refractivity contribution in [3.05, 3.63) is 0 Å². The van der Waals surface area contributed by atoms with Crippen LogP contribution in [-0.2, 0) is 4.79 Å². The van der Waals surface area contributed by atoms with Gasteiger partial charge in [0.15, 0.2) is 5.78 Å². The zero-order valence-corrected chi connectivity index (χ0v) is 12.7. The first kappa shape index (κ1) is 15.6. The minimum atomic E-state index is -0.206. The van der Waals surface area contributed by atoms with Gasteiger partial charge in [0, 0.05) is 44.7 Å². The van der Waals surface area contributed by atoms with Gasteiger partial charge in [-0.2, -0.15) is 0 Å². The van der Waals surface area contributed by atoms with Crippen LogP contribution in [0.5, 0.6) is 0 Å². The molecule has 0 aromatic rings. The average Bonchev–Trinajstić information content (AvgIpc) is 2.26. The van der Waals surface area contributed by atoms with Gasteiger partial charge in [0.2, 0.25) is 0 Å². The molecule has 0 unspecified atom stereocenters. The van der Waals surface area contributed by atoms with Gasteiger partial charge in [0.25, 0.3) is 0 Å². The largest absolute Gasteiger partial charge is 0.308 e. The lowest BCUT2D eigenvalue weighted by Gasteiger charge is -2.35. The fourth-order valence-corrected chi connectivity index (χ4v) is 1.95. The van der Waals surface area contributed by atoms with Gasteiger partial charge < -0.3 is 4.90 Å². The van der Waals surface area contributed by atoms with E-state index < -0.39 is 0 Å². The maximum atomic E-state index is 12.0. The van der Waals surface area contributed by atoms with Crippen molar-refractivity contribution in [3.8, 4) is 0 Å². The molecule has 0 saturated carbocycles. The van der Waals surface area contributed by atoms with E-state index in [4.69, 9.17) is 0 Å². The predicted octanol–water partition coefficient (Wildman–Crippen LogP) is 0.781. The number of Topliss-reactive ketones (excluding diaryl/α,β-unsaturated/α-hetero) is 1. The Morgan fingerprint density at radius 3 is 2.00 bits per heavy atom. The van der Waals surface area contributed by atoms with Crippen LogP contribution < -0.4 is 0 Å². The summed E-state index contributed by atoms with van der Waals surface area (Å²) >= 11 is 0. The third-order valence-corrected chi connectivity index (χ3v) is 3.53. The standard InChI is InChI=1S/C14H29N3O/c1-14(2,3)13(18)12-17-10-8-16(9-11-17)7-6-15(4)5/h6-12H2,1-5H3. The van der Waals surface area contributed by atoms with E-state index in [1.165, 1.54) is 0 Å². The van der Waals surface area contributed by atoms with E-state index in [1.807, 2.05) is 20.8 Å². The topological polar surface area (TPSA) is 26.8 Å². The third kappa shape index (κ3) is 5.46. The Hall–Kier alpha value is -0.450. The first-order valence-corrected chi connectivity index (χ1v) is 6.92. The minimum Gasteiger partial charge on any atom is -0.308 e.